The minimum absolute atomic E-state index is 0.189. The lowest BCUT2D eigenvalue weighted by Gasteiger charge is -2.21. The third-order valence-corrected chi connectivity index (χ3v) is 5.57. The number of imidazole rings is 1. The maximum Gasteiger partial charge on any atom is 0.293 e. The molecule has 5 rings (SSSR count). The van der Waals surface area contributed by atoms with Crippen LogP contribution in [-0.2, 0) is 12.8 Å². The molecular weight excluding hydrogens is 383 g/mol. The van der Waals surface area contributed by atoms with E-state index in [2.05, 4.69) is 27.3 Å². The van der Waals surface area contributed by atoms with E-state index in [-0.39, 0.29) is 23.5 Å². The second-order valence-electron chi connectivity index (χ2n) is 7.61. The van der Waals surface area contributed by atoms with E-state index in [9.17, 15) is 9.18 Å². The van der Waals surface area contributed by atoms with E-state index in [4.69, 9.17) is 4.52 Å². The first-order valence-electron chi connectivity index (χ1n) is 10.1. The van der Waals surface area contributed by atoms with Gasteiger partial charge in [-0.15, -0.1) is 0 Å². The number of aromatic amines is 1. The zero-order chi connectivity index (χ0) is 20.5. The number of carbonyl (C=O) groups is 1. The summed E-state index contributed by atoms with van der Waals surface area (Å²) in [4.78, 5) is 22.6. The van der Waals surface area contributed by atoms with Crippen molar-refractivity contribution in [3.05, 3.63) is 83.3 Å². The van der Waals surface area contributed by atoms with Gasteiger partial charge in [0.25, 0.3) is 5.91 Å². The summed E-state index contributed by atoms with van der Waals surface area (Å²) in [6.45, 7) is 0.620. The number of likely N-dealkylation sites (tertiary alicyclic amines) is 1. The molecule has 7 heteroatoms. The molecule has 3 heterocycles. The van der Waals surface area contributed by atoms with Crippen LogP contribution in [-0.4, -0.2) is 32.5 Å². The molecule has 0 spiro atoms. The van der Waals surface area contributed by atoms with Crippen LogP contribution in [0.3, 0.4) is 0 Å². The molecule has 2 aromatic carbocycles. The summed E-state index contributed by atoms with van der Waals surface area (Å²) < 4.78 is 18.9. The summed E-state index contributed by atoms with van der Waals surface area (Å²) >= 11 is 0. The third kappa shape index (κ3) is 3.58. The molecule has 0 radical (unpaired) electrons. The van der Waals surface area contributed by atoms with E-state index < -0.39 is 0 Å². The summed E-state index contributed by atoms with van der Waals surface area (Å²) in [6, 6.07) is 16.1. The number of benzene rings is 2. The zero-order valence-electron chi connectivity index (χ0n) is 16.3. The van der Waals surface area contributed by atoms with Gasteiger partial charge in [0.1, 0.15) is 11.6 Å². The Morgan fingerprint density at radius 3 is 2.90 bits per heavy atom. The van der Waals surface area contributed by atoms with Crippen molar-refractivity contribution in [2.45, 2.75) is 31.7 Å². The number of nitrogens with zero attached hydrogens (tertiary/aromatic N) is 3. The number of amides is 1. The lowest BCUT2D eigenvalue weighted by atomic mass is 10.1. The quantitative estimate of drug-likeness (QED) is 0.533. The van der Waals surface area contributed by atoms with Crippen LogP contribution in [0.2, 0.25) is 0 Å². The molecule has 30 heavy (non-hydrogen) atoms. The molecule has 1 N–H and O–H groups in total. The Labute approximate surface area is 172 Å². The highest BCUT2D eigenvalue weighted by molar-refractivity contribution is 5.92. The van der Waals surface area contributed by atoms with Gasteiger partial charge in [-0.1, -0.05) is 35.5 Å². The Hall–Kier alpha value is -3.48. The maximum absolute atomic E-state index is 13.5. The van der Waals surface area contributed by atoms with Crippen LogP contribution in [0.1, 0.15) is 46.5 Å². The smallest absolute Gasteiger partial charge is 0.293 e. The number of hydrogen-bond donors (Lipinski definition) is 1. The minimum Gasteiger partial charge on any atom is -0.351 e. The topological polar surface area (TPSA) is 75.0 Å². The summed E-state index contributed by atoms with van der Waals surface area (Å²) in [6.07, 6.45) is 3.21. The molecule has 1 aliphatic rings. The normalized spacial score (nSPS) is 16.4. The second-order valence-corrected chi connectivity index (χ2v) is 7.61. The standard InChI is InChI=1S/C23H21FN4O2/c24-16-9-11-18-19(13-16)26-22(25-18)20-7-4-12-28(20)23(29)21-14-17(27-30-21)10-8-15-5-2-1-3-6-15/h1-3,5-6,9,11,13-14,20H,4,7-8,10,12H2,(H,25,26)/t20-/m0/s1. The summed E-state index contributed by atoms with van der Waals surface area (Å²) in [7, 11) is 0. The van der Waals surface area contributed by atoms with Crippen LogP contribution < -0.4 is 0 Å². The van der Waals surface area contributed by atoms with Gasteiger partial charge in [-0.25, -0.2) is 9.37 Å². The molecule has 0 bridgehead atoms. The molecule has 1 amide bonds. The van der Waals surface area contributed by atoms with Crippen molar-refractivity contribution < 1.29 is 13.7 Å². The minimum atomic E-state index is -0.318. The fourth-order valence-corrected chi connectivity index (χ4v) is 4.04. The van der Waals surface area contributed by atoms with Gasteiger partial charge < -0.3 is 14.4 Å². The van der Waals surface area contributed by atoms with Gasteiger partial charge in [0.15, 0.2) is 0 Å². The first-order chi connectivity index (χ1) is 14.7. The second kappa shape index (κ2) is 7.74. The van der Waals surface area contributed by atoms with Crippen molar-refractivity contribution in [2.75, 3.05) is 6.54 Å². The number of halogens is 1. The molecule has 4 aromatic rings. The van der Waals surface area contributed by atoms with Crippen LogP contribution in [0.5, 0.6) is 0 Å². The van der Waals surface area contributed by atoms with Crippen molar-refractivity contribution >= 4 is 16.9 Å². The highest BCUT2D eigenvalue weighted by Crippen LogP contribution is 2.33. The molecule has 6 nitrogen and oxygen atoms in total. The molecule has 152 valence electrons. The average Bonchev–Trinajstić information content (AvgIpc) is 3.50. The molecular formula is C23H21FN4O2. The molecule has 1 aliphatic heterocycles. The van der Waals surface area contributed by atoms with E-state index in [1.165, 1.54) is 17.7 Å². The van der Waals surface area contributed by atoms with Gasteiger partial charge in [-0.05, 0) is 49.4 Å². The number of aromatic nitrogens is 3. The average molecular weight is 404 g/mol. The van der Waals surface area contributed by atoms with Crippen molar-refractivity contribution in [1.82, 2.24) is 20.0 Å². The van der Waals surface area contributed by atoms with Crippen molar-refractivity contribution in [3.63, 3.8) is 0 Å². The Morgan fingerprint density at radius 1 is 1.17 bits per heavy atom. The highest BCUT2D eigenvalue weighted by Gasteiger charge is 2.34. The van der Waals surface area contributed by atoms with Gasteiger partial charge in [0.05, 0.1) is 22.8 Å². The Morgan fingerprint density at radius 2 is 2.03 bits per heavy atom. The summed E-state index contributed by atoms with van der Waals surface area (Å²) in [5.74, 6) is 0.404. The van der Waals surface area contributed by atoms with Crippen molar-refractivity contribution in [3.8, 4) is 0 Å². The lowest BCUT2D eigenvalue weighted by molar-refractivity contribution is 0.0688. The SMILES string of the molecule is O=C(c1cc(CCc2ccccc2)no1)N1CCC[C@H]1c1nc2ccc(F)cc2[nH]1. The van der Waals surface area contributed by atoms with Gasteiger partial charge >= 0.3 is 0 Å². The van der Waals surface area contributed by atoms with E-state index in [1.54, 1.807) is 17.0 Å². The van der Waals surface area contributed by atoms with Crippen LogP contribution >= 0.6 is 0 Å². The predicted molar refractivity (Wildman–Crippen MR) is 109 cm³/mol. The summed E-state index contributed by atoms with van der Waals surface area (Å²) in [5.41, 5.74) is 3.30. The molecule has 0 unspecified atom stereocenters. The number of hydrogen-bond acceptors (Lipinski definition) is 4. The molecule has 1 atom stereocenters. The molecule has 0 aliphatic carbocycles. The van der Waals surface area contributed by atoms with E-state index in [0.717, 1.165) is 25.0 Å². The molecule has 2 aromatic heterocycles. The lowest BCUT2D eigenvalue weighted by Crippen LogP contribution is -2.30. The Balaban J connectivity index is 1.31. The molecule has 1 saturated heterocycles. The summed E-state index contributed by atoms with van der Waals surface area (Å²) in [5, 5.41) is 4.08. The first-order valence-corrected chi connectivity index (χ1v) is 10.1. The van der Waals surface area contributed by atoms with Gasteiger partial charge in [-0.2, -0.15) is 0 Å². The van der Waals surface area contributed by atoms with Crippen molar-refractivity contribution in [1.29, 1.82) is 0 Å². The van der Waals surface area contributed by atoms with E-state index in [0.29, 0.717) is 29.8 Å². The third-order valence-electron chi connectivity index (χ3n) is 5.57. The first kappa shape index (κ1) is 18.5. The number of fused-ring (bicyclic) bond motifs is 1. The Bertz CT molecular complexity index is 1180. The largest absolute Gasteiger partial charge is 0.351 e. The van der Waals surface area contributed by atoms with Crippen LogP contribution in [0, 0.1) is 5.82 Å². The Kier molecular flexibility index (Phi) is 4.78. The number of nitrogens with one attached hydrogen (secondary N) is 1. The number of carbonyl (C=O) groups excluding carboxylic acids is 1. The number of rotatable bonds is 5. The fraction of sp³-hybridized carbons (Fsp3) is 0.261. The van der Waals surface area contributed by atoms with Crippen molar-refractivity contribution in [2.24, 2.45) is 0 Å². The number of H-pyrrole nitrogens is 1. The van der Waals surface area contributed by atoms with Crippen LogP contribution in [0.4, 0.5) is 4.39 Å². The molecule has 0 saturated carbocycles. The zero-order valence-corrected chi connectivity index (χ0v) is 16.3. The van der Waals surface area contributed by atoms with Crippen LogP contribution in [0.15, 0.2) is 59.1 Å². The highest BCUT2D eigenvalue weighted by atomic mass is 19.1. The fourth-order valence-electron chi connectivity index (χ4n) is 4.04. The van der Waals surface area contributed by atoms with Gasteiger partial charge in [-0.3, -0.25) is 4.79 Å². The van der Waals surface area contributed by atoms with Crippen LogP contribution in [0.25, 0.3) is 11.0 Å². The van der Waals surface area contributed by atoms with E-state index >= 15 is 0 Å². The number of aryl methyl sites for hydroxylation is 2. The maximum atomic E-state index is 13.5. The molecule has 1 fully saturated rings. The van der Waals surface area contributed by atoms with Gasteiger partial charge in [0, 0.05) is 12.6 Å². The predicted octanol–water partition coefficient (Wildman–Crippen LogP) is 4.45. The van der Waals surface area contributed by atoms with E-state index in [1.807, 2.05) is 18.2 Å². The monoisotopic (exact) mass is 404 g/mol. The van der Waals surface area contributed by atoms with Gasteiger partial charge in [0.2, 0.25) is 5.76 Å².